The number of hydrogen-bond acceptors (Lipinski definition) is 6. The molecule has 0 bridgehead atoms. The van der Waals surface area contributed by atoms with Gasteiger partial charge >= 0.3 is 12.1 Å². The van der Waals surface area contributed by atoms with Crippen molar-refractivity contribution >= 4 is 12.1 Å². The lowest BCUT2D eigenvalue weighted by Crippen LogP contribution is -2.47. The quantitative estimate of drug-likeness (QED) is 0.392. The van der Waals surface area contributed by atoms with E-state index in [1.54, 1.807) is 6.92 Å². The molecule has 0 fully saturated rings. The standard InChI is InChI=1S/C8H14N2O6/c1-4-15-7(11)6(3)9(10(13)14)8(12)16-5-2/h6H,4-5H2,1-3H3. The molecule has 8 nitrogen and oxygen atoms in total. The Morgan fingerprint density at radius 3 is 2.19 bits per heavy atom. The highest BCUT2D eigenvalue weighted by molar-refractivity contribution is 5.80. The molecule has 0 rings (SSSR count). The smallest absolute Gasteiger partial charge is 0.464 e. The molecule has 0 aromatic heterocycles. The zero-order chi connectivity index (χ0) is 12.7. The summed E-state index contributed by atoms with van der Waals surface area (Å²) in [6.45, 7) is 4.32. The SMILES string of the molecule is CCOC(=O)C(C)N(C(=O)OCC)[N+](=O)[O-]. The van der Waals surface area contributed by atoms with Crippen LogP contribution in [0.4, 0.5) is 4.79 Å². The molecule has 0 aromatic rings. The number of hydrazine groups is 1. The molecule has 0 heterocycles. The zero-order valence-corrected chi connectivity index (χ0v) is 9.34. The Hall–Kier alpha value is -1.86. The number of rotatable bonds is 5. The molecule has 0 saturated heterocycles. The van der Waals surface area contributed by atoms with E-state index in [0.29, 0.717) is 0 Å². The van der Waals surface area contributed by atoms with Crippen molar-refractivity contribution in [2.75, 3.05) is 13.2 Å². The normalized spacial score (nSPS) is 11.4. The van der Waals surface area contributed by atoms with Gasteiger partial charge in [-0.1, -0.05) is 0 Å². The second-order valence-corrected chi connectivity index (χ2v) is 2.71. The van der Waals surface area contributed by atoms with Crippen LogP contribution in [-0.4, -0.2) is 41.4 Å². The first-order chi connectivity index (χ1) is 7.45. The minimum absolute atomic E-state index is 0.0152. The van der Waals surface area contributed by atoms with Crippen LogP contribution in [0.5, 0.6) is 0 Å². The summed E-state index contributed by atoms with van der Waals surface area (Å²) in [6, 6.07) is -1.33. The third-order valence-electron chi connectivity index (χ3n) is 1.63. The van der Waals surface area contributed by atoms with Crippen LogP contribution in [0.2, 0.25) is 0 Å². The van der Waals surface area contributed by atoms with Gasteiger partial charge in [-0.25, -0.2) is 19.7 Å². The Bertz CT molecular complexity index is 280. The van der Waals surface area contributed by atoms with E-state index in [0.717, 1.165) is 0 Å². The summed E-state index contributed by atoms with van der Waals surface area (Å²) in [6.07, 6.45) is -1.19. The number of nitrogens with zero attached hydrogens (tertiary/aromatic N) is 2. The topological polar surface area (TPSA) is 99.0 Å². The van der Waals surface area contributed by atoms with Crippen molar-refractivity contribution in [1.82, 2.24) is 5.01 Å². The van der Waals surface area contributed by atoms with Crippen molar-refractivity contribution in [2.45, 2.75) is 26.8 Å². The van der Waals surface area contributed by atoms with Crippen LogP contribution in [0, 0.1) is 10.1 Å². The zero-order valence-electron chi connectivity index (χ0n) is 9.34. The number of nitro groups is 1. The Labute approximate surface area is 92.2 Å². The maximum atomic E-state index is 11.2. The molecule has 92 valence electrons. The molecule has 8 heteroatoms. The fourth-order valence-corrected chi connectivity index (χ4v) is 0.919. The van der Waals surface area contributed by atoms with Crippen molar-refractivity contribution in [2.24, 2.45) is 0 Å². The van der Waals surface area contributed by atoms with Gasteiger partial charge in [0.15, 0.2) is 11.1 Å². The summed E-state index contributed by atoms with van der Waals surface area (Å²) in [5.74, 6) is -0.854. The highest BCUT2D eigenvalue weighted by Gasteiger charge is 2.37. The first-order valence-corrected chi connectivity index (χ1v) is 4.72. The van der Waals surface area contributed by atoms with Gasteiger partial charge in [0.2, 0.25) is 0 Å². The molecule has 0 aromatic carbocycles. The monoisotopic (exact) mass is 234 g/mol. The third kappa shape index (κ3) is 3.71. The van der Waals surface area contributed by atoms with Gasteiger partial charge in [-0.05, 0) is 25.8 Å². The summed E-state index contributed by atoms with van der Waals surface area (Å²) >= 11 is 0. The molecule has 0 saturated carbocycles. The van der Waals surface area contributed by atoms with Crippen molar-refractivity contribution in [3.63, 3.8) is 0 Å². The van der Waals surface area contributed by atoms with Gasteiger partial charge in [0.25, 0.3) is 0 Å². The fourth-order valence-electron chi connectivity index (χ4n) is 0.919. The molecule has 1 unspecified atom stereocenters. The number of amides is 1. The van der Waals surface area contributed by atoms with Gasteiger partial charge in [0.1, 0.15) is 0 Å². The molecule has 0 aliphatic rings. The van der Waals surface area contributed by atoms with Crippen LogP contribution in [0.3, 0.4) is 0 Å². The average Bonchev–Trinajstić information content (AvgIpc) is 2.17. The molecular weight excluding hydrogens is 220 g/mol. The first-order valence-electron chi connectivity index (χ1n) is 4.72. The number of esters is 1. The maximum Gasteiger partial charge on any atom is 0.469 e. The van der Waals surface area contributed by atoms with E-state index in [9.17, 15) is 19.7 Å². The molecule has 1 amide bonds. The van der Waals surface area contributed by atoms with E-state index in [-0.39, 0.29) is 18.2 Å². The maximum absolute atomic E-state index is 11.2. The summed E-state index contributed by atoms with van der Waals surface area (Å²) < 4.78 is 9.02. The van der Waals surface area contributed by atoms with Crippen LogP contribution in [0.15, 0.2) is 0 Å². The predicted octanol–water partition coefficient (Wildman–Crippen LogP) is 0.588. The minimum atomic E-state index is -1.33. The highest BCUT2D eigenvalue weighted by Crippen LogP contribution is 2.04. The predicted molar refractivity (Wildman–Crippen MR) is 52.0 cm³/mol. The molecule has 1 atom stereocenters. The summed E-state index contributed by atoms with van der Waals surface area (Å²) in [5.41, 5.74) is 0. The van der Waals surface area contributed by atoms with Crippen molar-refractivity contribution < 1.29 is 24.1 Å². The van der Waals surface area contributed by atoms with Crippen LogP contribution in [-0.2, 0) is 14.3 Å². The number of hydrogen-bond donors (Lipinski definition) is 0. The Balaban J connectivity index is 4.71. The molecular formula is C8H14N2O6. The molecule has 0 N–H and O–H groups in total. The van der Waals surface area contributed by atoms with Crippen LogP contribution >= 0.6 is 0 Å². The lowest BCUT2D eigenvalue weighted by atomic mass is 10.3. The summed E-state index contributed by atoms with van der Waals surface area (Å²) in [5, 5.41) is 9.69. The molecule has 16 heavy (non-hydrogen) atoms. The fraction of sp³-hybridized carbons (Fsp3) is 0.750. The van der Waals surface area contributed by atoms with E-state index in [4.69, 9.17) is 0 Å². The van der Waals surface area contributed by atoms with E-state index in [2.05, 4.69) is 9.47 Å². The van der Waals surface area contributed by atoms with Crippen molar-refractivity contribution in [3.05, 3.63) is 10.1 Å². The van der Waals surface area contributed by atoms with E-state index >= 15 is 0 Å². The van der Waals surface area contributed by atoms with Crippen LogP contribution < -0.4 is 0 Å². The first kappa shape index (κ1) is 14.1. The minimum Gasteiger partial charge on any atom is -0.464 e. The van der Waals surface area contributed by atoms with Gasteiger partial charge in [-0.3, -0.25) is 0 Å². The second-order valence-electron chi connectivity index (χ2n) is 2.71. The van der Waals surface area contributed by atoms with E-state index in [1.165, 1.54) is 13.8 Å². The molecule has 0 radical (unpaired) electrons. The largest absolute Gasteiger partial charge is 0.469 e. The Morgan fingerprint density at radius 1 is 1.31 bits per heavy atom. The second kappa shape index (κ2) is 6.59. The lowest BCUT2D eigenvalue weighted by molar-refractivity contribution is -0.640. The van der Waals surface area contributed by atoms with Gasteiger partial charge in [-0.2, -0.15) is 0 Å². The van der Waals surface area contributed by atoms with E-state index < -0.39 is 23.1 Å². The Morgan fingerprint density at radius 2 is 1.81 bits per heavy atom. The van der Waals surface area contributed by atoms with Crippen molar-refractivity contribution in [3.8, 4) is 0 Å². The summed E-state index contributed by atoms with van der Waals surface area (Å²) in [7, 11) is 0. The van der Waals surface area contributed by atoms with Gasteiger partial charge in [-0.15, -0.1) is 0 Å². The molecule has 0 spiro atoms. The van der Waals surface area contributed by atoms with Gasteiger partial charge < -0.3 is 9.47 Å². The van der Waals surface area contributed by atoms with E-state index in [1.807, 2.05) is 0 Å². The molecule has 0 aliphatic heterocycles. The highest BCUT2D eigenvalue weighted by atomic mass is 16.7. The lowest BCUT2D eigenvalue weighted by Gasteiger charge is -2.17. The number of carbonyl (C=O) groups excluding carboxylic acids is 2. The van der Waals surface area contributed by atoms with Crippen molar-refractivity contribution in [1.29, 1.82) is 0 Å². The van der Waals surface area contributed by atoms with Crippen LogP contribution in [0.25, 0.3) is 0 Å². The third-order valence-corrected chi connectivity index (χ3v) is 1.63. The van der Waals surface area contributed by atoms with Gasteiger partial charge in [0, 0.05) is 0 Å². The number of carbonyl (C=O) groups is 2. The molecule has 0 aliphatic carbocycles. The van der Waals surface area contributed by atoms with Gasteiger partial charge in [0.05, 0.1) is 13.2 Å². The summed E-state index contributed by atoms with van der Waals surface area (Å²) in [4.78, 5) is 33.0. The Kier molecular flexibility index (Phi) is 5.83. The van der Waals surface area contributed by atoms with Crippen LogP contribution in [0.1, 0.15) is 20.8 Å². The average molecular weight is 234 g/mol. The number of ether oxygens (including phenoxy) is 2.